The van der Waals surface area contributed by atoms with E-state index in [4.69, 9.17) is 4.74 Å². The van der Waals surface area contributed by atoms with E-state index in [0.29, 0.717) is 0 Å². The van der Waals surface area contributed by atoms with Crippen molar-refractivity contribution in [2.24, 2.45) is 0 Å². The lowest BCUT2D eigenvalue weighted by Gasteiger charge is -2.25. The van der Waals surface area contributed by atoms with Gasteiger partial charge in [0.25, 0.3) is 0 Å². The summed E-state index contributed by atoms with van der Waals surface area (Å²) in [7, 11) is 0. The van der Waals surface area contributed by atoms with Gasteiger partial charge in [-0.05, 0) is 0 Å². The van der Waals surface area contributed by atoms with Gasteiger partial charge in [0.1, 0.15) is 5.01 Å². The van der Waals surface area contributed by atoms with Gasteiger partial charge in [-0.1, -0.05) is 0 Å². The fourth-order valence-electron chi connectivity index (χ4n) is 1.28. The number of nitrogens with zero attached hydrogens (tertiary/aromatic N) is 2. The molecular weight excluding hydrogens is 172 g/mol. The van der Waals surface area contributed by atoms with Crippen LogP contribution in [0.15, 0.2) is 11.6 Å². The minimum atomic E-state index is 0.866. The monoisotopic (exact) mass is 184 g/mol. The van der Waals surface area contributed by atoms with E-state index >= 15 is 0 Å². The third kappa shape index (κ3) is 2.03. The largest absolute Gasteiger partial charge is 0.379 e. The molecule has 66 valence electrons. The zero-order chi connectivity index (χ0) is 8.23. The van der Waals surface area contributed by atoms with E-state index in [0.717, 1.165) is 32.8 Å². The van der Waals surface area contributed by atoms with Gasteiger partial charge in [-0.3, -0.25) is 4.90 Å². The van der Waals surface area contributed by atoms with Crippen molar-refractivity contribution in [3.63, 3.8) is 0 Å². The van der Waals surface area contributed by atoms with Crippen molar-refractivity contribution in [2.45, 2.75) is 6.54 Å². The highest BCUT2D eigenvalue weighted by Gasteiger charge is 2.11. The first-order valence-corrected chi connectivity index (χ1v) is 5.01. The molecule has 1 aromatic heterocycles. The van der Waals surface area contributed by atoms with E-state index in [-0.39, 0.29) is 0 Å². The number of ether oxygens (including phenoxy) is 1. The summed E-state index contributed by atoms with van der Waals surface area (Å²) in [4.78, 5) is 6.62. The van der Waals surface area contributed by atoms with Crippen LogP contribution in [-0.4, -0.2) is 36.2 Å². The van der Waals surface area contributed by atoms with E-state index in [1.807, 2.05) is 11.6 Å². The minimum Gasteiger partial charge on any atom is -0.379 e. The summed E-state index contributed by atoms with van der Waals surface area (Å²) in [6.07, 6.45) is 1.86. The Labute approximate surface area is 76.0 Å². The Morgan fingerprint density at radius 3 is 3.00 bits per heavy atom. The van der Waals surface area contributed by atoms with Crippen LogP contribution in [0.1, 0.15) is 5.01 Å². The predicted octanol–water partition coefficient (Wildman–Crippen LogP) is 0.975. The lowest BCUT2D eigenvalue weighted by atomic mass is 10.4. The van der Waals surface area contributed by atoms with E-state index < -0.39 is 0 Å². The van der Waals surface area contributed by atoms with Crippen LogP contribution in [0, 0.1) is 0 Å². The molecule has 12 heavy (non-hydrogen) atoms. The second kappa shape index (κ2) is 3.98. The van der Waals surface area contributed by atoms with Gasteiger partial charge >= 0.3 is 0 Å². The maximum Gasteiger partial charge on any atom is 0.107 e. The molecule has 2 heterocycles. The predicted molar refractivity (Wildman–Crippen MR) is 48.2 cm³/mol. The van der Waals surface area contributed by atoms with E-state index in [1.54, 1.807) is 11.3 Å². The highest BCUT2D eigenvalue weighted by atomic mass is 32.1. The van der Waals surface area contributed by atoms with Crippen molar-refractivity contribution in [1.82, 2.24) is 9.88 Å². The summed E-state index contributed by atoms with van der Waals surface area (Å²) in [5.74, 6) is 0. The normalized spacial score (nSPS) is 19.7. The maximum atomic E-state index is 5.26. The second-order valence-electron chi connectivity index (χ2n) is 2.81. The SMILES string of the molecule is c1csc(CN2CCOCC2)n1. The van der Waals surface area contributed by atoms with Crippen molar-refractivity contribution >= 4 is 11.3 Å². The smallest absolute Gasteiger partial charge is 0.107 e. The highest BCUT2D eigenvalue weighted by Crippen LogP contribution is 2.08. The molecule has 0 bridgehead atoms. The molecule has 1 aliphatic heterocycles. The average molecular weight is 184 g/mol. The molecule has 0 aromatic carbocycles. The van der Waals surface area contributed by atoms with Crippen LogP contribution in [-0.2, 0) is 11.3 Å². The summed E-state index contributed by atoms with van der Waals surface area (Å²) in [6.45, 7) is 4.80. The topological polar surface area (TPSA) is 25.4 Å². The second-order valence-corrected chi connectivity index (χ2v) is 3.79. The summed E-state index contributed by atoms with van der Waals surface area (Å²) < 4.78 is 5.26. The molecule has 2 rings (SSSR count). The van der Waals surface area contributed by atoms with Gasteiger partial charge in [0.05, 0.1) is 19.8 Å². The van der Waals surface area contributed by atoms with E-state index in [1.165, 1.54) is 5.01 Å². The standard InChI is InChI=1S/C8H12N2OS/c1-6-12-8(9-1)7-10-2-4-11-5-3-10/h1,6H,2-5,7H2. The Hall–Kier alpha value is -0.450. The number of hydrogen-bond donors (Lipinski definition) is 0. The third-order valence-electron chi connectivity index (χ3n) is 1.95. The van der Waals surface area contributed by atoms with Crippen LogP contribution in [0.3, 0.4) is 0 Å². The summed E-state index contributed by atoms with van der Waals surface area (Å²) >= 11 is 1.72. The summed E-state index contributed by atoms with van der Waals surface area (Å²) in [5.41, 5.74) is 0. The molecule has 4 heteroatoms. The first-order chi connectivity index (χ1) is 5.95. The van der Waals surface area contributed by atoms with E-state index in [2.05, 4.69) is 9.88 Å². The van der Waals surface area contributed by atoms with Crippen LogP contribution >= 0.6 is 11.3 Å². The molecule has 0 spiro atoms. The molecule has 1 aliphatic rings. The number of thiazole rings is 1. The molecule has 0 N–H and O–H groups in total. The molecule has 3 nitrogen and oxygen atoms in total. The van der Waals surface area contributed by atoms with E-state index in [9.17, 15) is 0 Å². The van der Waals surface area contributed by atoms with Gasteiger partial charge in [-0.2, -0.15) is 0 Å². The zero-order valence-electron chi connectivity index (χ0n) is 6.90. The first-order valence-electron chi connectivity index (χ1n) is 4.13. The van der Waals surface area contributed by atoms with Crippen molar-refractivity contribution in [3.8, 4) is 0 Å². The van der Waals surface area contributed by atoms with Crippen LogP contribution in [0.25, 0.3) is 0 Å². The van der Waals surface area contributed by atoms with Crippen molar-refractivity contribution in [1.29, 1.82) is 0 Å². The lowest BCUT2D eigenvalue weighted by molar-refractivity contribution is 0.0341. The number of aromatic nitrogens is 1. The molecule has 0 aliphatic carbocycles. The molecule has 1 fully saturated rings. The molecule has 0 saturated carbocycles. The fraction of sp³-hybridized carbons (Fsp3) is 0.625. The minimum absolute atomic E-state index is 0.866. The highest BCUT2D eigenvalue weighted by molar-refractivity contribution is 7.09. The first kappa shape index (κ1) is 8.16. The van der Waals surface area contributed by atoms with Crippen LogP contribution < -0.4 is 0 Å². The number of hydrogen-bond acceptors (Lipinski definition) is 4. The van der Waals surface area contributed by atoms with Gasteiger partial charge in [0, 0.05) is 24.7 Å². The van der Waals surface area contributed by atoms with Crippen molar-refractivity contribution in [2.75, 3.05) is 26.3 Å². The number of rotatable bonds is 2. The molecule has 0 amide bonds. The maximum absolute atomic E-state index is 5.26. The molecular formula is C8H12N2OS. The third-order valence-corrected chi connectivity index (χ3v) is 2.71. The van der Waals surface area contributed by atoms with Crippen LogP contribution in [0.4, 0.5) is 0 Å². The van der Waals surface area contributed by atoms with Gasteiger partial charge in [-0.25, -0.2) is 4.98 Å². The van der Waals surface area contributed by atoms with Crippen LogP contribution in [0.5, 0.6) is 0 Å². The molecule has 0 radical (unpaired) electrons. The Kier molecular flexibility index (Phi) is 2.71. The molecule has 0 unspecified atom stereocenters. The quantitative estimate of drug-likeness (QED) is 0.685. The molecule has 1 saturated heterocycles. The average Bonchev–Trinajstić information content (AvgIpc) is 2.59. The van der Waals surface area contributed by atoms with Gasteiger partial charge < -0.3 is 4.74 Å². The molecule has 0 atom stereocenters. The number of morpholine rings is 1. The lowest BCUT2D eigenvalue weighted by Crippen LogP contribution is -2.35. The van der Waals surface area contributed by atoms with Gasteiger partial charge in [0.15, 0.2) is 0 Å². The van der Waals surface area contributed by atoms with Crippen molar-refractivity contribution in [3.05, 3.63) is 16.6 Å². The molecule has 1 aromatic rings. The van der Waals surface area contributed by atoms with Gasteiger partial charge in [-0.15, -0.1) is 11.3 Å². The van der Waals surface area contributed by atoms with Crippen LogP contribution in [0.2, 0.25) is 0 Å². The van der Waals surface area contributed by atoms with Gasteiger partial charge in [0.2, 0.25) is 0 Å². The Balaban J connectivity index is 1.86. The fourth-order valence-corrected chi connectivity index (χ4v) is 1.94. The Bertz CT molecular complexity index is 219. The zero-order valence-corrected chi connectivity index (χ0v) is 7.72. The summed E-state index contributed by atoms with van der Waals surface area (Å²) in [6, 6.07) is 0. The Morgan fingerprint density at radius 2 is 2.33 bits per heavy atom. The Morgan fingerprint density at radius 1 is 1.50 bits per heavy atom. The van der Waals surface area contributed by atoms with Crippen molar-refractivity contribution < 1.29 is 4.74 Å². The summed E-state index contributed by atoms with van der Waals surface area (Å²) in [5, 5.41) is 3.23.